The number of rotatable bonds is 5. The summed E-state index contributed by atoms with van der Waals surface area (Å²) in [6, 6.07) is 2.32. The summed E-state index contributed by atoms with van der Waals surface area (Å²) in [6.07, 6.45) is 3.38. The monoisotopic (exact) mass is 314 g/mol. The summed E-state index contributed by atoms with van der Waals surface area (Å²) in [5, 5.41) is 24.4. The molecule has 1 N–H and O–H groups in total. The van der Waals surface area contributed by atoms with Crippen molar-refractivity contribution in [2.75, 3.05) is 5.32 Å². The Hall–Kier alpha value is -2.51. The molecule has 0 aliphatic carbocycles. The maximum absolute atomic E-state index is 4.53. The Bertz CT molecular complexity index is 801. The lowest BCUT2D eigenvalue weighted by Gasteiger charge is -2.18. The molecule has 3 aromatic heterocycles. The van der Waals surface area contributed by atoms with Gasteiger partial charge in [0.05, 0.1) is 17.4 Å². The van der Waals surface area contributed by atoms with E-state index in [9.17, 15) is 0 Å². The smallest absolute Gasteiger partial charge is 0.200 e. The van der Waals surface area contributed by atoms with E-state index in [1.807, 2.05) is 6.07 Å². The molecule has 3 heterocycles. The molecule has 0 aliphatic rings. The van der Waals surface area contributed by atoms with Gasteiger partial charge in [-0.25, -0.2) is 0 Å². The molecule has 23 heavy (non-hydrogen) atoms. The normalized spacial score (nSPS) is 13.2. The van der Waals surface area contributed by atoms with Gasteiger partial charge in [-0.3, -0.25) is 0 Å². The molecule has 0 radical (unpaired) electrons. The van der Waals surface area contributed by atoms with Gasteiger partial charge in [0.1, 0.15) is 12.7 Å². The molecule has 0 saturated heterocycles. The molecule has 8 nitrogen and oxygen atoms in total. The van der Waals surface area contributed by atoms with E-state index >= 15 is 0 Å². The maximum atomic E-state index is 4.53. The van der Waals surface area contributed by atoms with Gasteiger partial charge in [0.2, 0.25) is 5.65 Å². The minimum atomic E-state index is -0.0113. The van der Waals surface area contributed by atoms with Gasteiger partial charge in [0.25, 0.3) is 0 Å². The highest BCUT2D eigenvalue weighted by Crippen LogP contribution is 2.25. The van der Waals surface area contributed by atoms with Crippen LogP contribution in [0.15, 0.2) is 18.7 Å². The molecule has 3 rings (SSSR count). The van der Waals surface area contributed by atoms with E-state index < -0.39 is 0 Å². The molecular formula is C15H22N8. The molecule has 8 heteroatoms. The Kier molecular flexibility index (Phi) is 3.97. The fraction of sp³-hybridized carbons (Fsp3) is 0.533. The van der Waals surface area contributed by atoms with Crippen molar-refractivity contribution in [3.63, 3.8) is 0 Å². The average molecular weight is 314 g/mol. The van der Waals surface area contributed by atoms with Gasteiger partial charge in [-0.1, -0.05) is 13.8 Å². The first-order valence-electron chi connectivity index (χ1n) is 7.84. The van der Waals surface area contributed by atoms with Crippen molar-refractivity contribution in [2.45, 2.75) is 52.6 Å². The number of hydrogen-bond donors (Lipinski definition) is 1. The highest BCUT2D eigenvalue weighted by molar-refractivity contribution is 5.67. The first kappa shape index (κ1) is 15.4. The minimum Gasteiger partial charge on any atom is -0.372 e. The summed E-state index contributed by atoms with van der Waals surface area (Å²) in [6.45, 7) is 10.5. The minimum absolute atomic E-state index is 0.0113. The van der Waals surface area contributed by atoms with Gasteiger partial charge in [0, 0.05) is 6.04 Å². The summed E-state index contributed by atoms with van der Waals surface area (Å²) >= 11 is 0. The van der Waals surface area contributed by atoms with Gasteiger partial charge in [0.15, 0.2) is 5.82 Å². The lowest BCUT2D eigenvalue weighted by Crippen LogP contribution is -2.16. The van der Waals surface area contributed by atoms with E-state index in [0.29, 0.717) is 17.6 Å². The van der Waals surface area contributed by atoms with Crippen LogP contribution in [-0.2, 0) is 0 Å². The lowest BCUT2D eigenvalue weighted by molar-refractivity contribution is 0.552. The summed E-state index contributed by atoms with van der Waals surface area (Å²) in [7, 11) is 0. The molecule has 122 valence electrons. The van der Waals surface area contributed by atoms with E-state index in [4.69, 9.17) is 0 Å². The Morgan fingerprint density at radius 1 is 1.00 bits per heavy atom. The van der Waals surface area contributed by atoms with E-state index in [2.05, 4.69) is 70.0 Å². The molecule has 0 saturated carbocycles. The molecule has 0 spiro atoms. The van der Waals surface area contributed by atoms with Crippen molar-refractivity contribution in [1.82, 2.24) is 34.6 Å². The quantitative estimate of drug-likeness (QED) is 0.779. The third-order valence-corrected chi connectivity index (χ3v) is 3.79. The zero-order valence-corrected chi connectivity index (χ0v) is 14.1. The van der Waals surface area contributed by atoms with Gasteiger partial charge in [-0.05, 0) is 32.8 Å². The average Bonchev–Trinajstić information content (AvgIpc) is 3.15. The first-order valence-corrected chi connectivity index (χ1v) is 7.84. The van der Waals surface area contributed by atoms with Crippen LogP contribution in [0, 0.1) is 0 Å². The van der Waals surface area contributed by atoms with E-state index in [1.165, 1.54) is 0 Å². The van der Waals surface area contributed by atoms with E-state index in [-0.39, 0.29) is 6.04 Å². The highest BCUT2D eigenvalue weighted by Gasteiger charge is 2.18. The lowest BCUT2D eigenvalue weighted by atomic mass is 10.1. The predicted molar refractivity (Wildman–Crippen MR) is 87.3 cm³/mol. The number of nitrogens with one attached hydrogen (secondary N) is 1. The second-order valence-corrected chi connectivity index (χ2v) is 6.29. The zero-order chi connectivity index (χ0) is 16.6. The number of hydrogen-bond acceptors (Lipinski definition) is 6. The number of anilines is 1. The zero-order valence-electron chi connectivity index (χ0n) is 14.1. The van der Waals surface area contributed by atoms with Crippen LogP contribution in [0.25, 0.3) is 5.65 Å². The fourth-order valence-electron chi connectivity index (χ4n) is 2.49. The third-order valence-electron chi connectivity index (χ3n) is 3.79. The Balaban J connectivity index is 1.97. The fourth-order valence-corrected chi connectivity index (χ4v) is 2.49. The standard InChI is InChI=1S/C15H22N8/c1-9(2)12-6-13(15-20-17-8-23(15)21-12)18-11(5)14-19-16-7-22(14)10(3)4/h6-11,18H,1-5H3. The Labute approximate surface area is 134 Å². The predicted octanol–water partition coefficient (Wildman–Crippen LogP) is 2.59. The molecule has 3 aromatic rings. The maximum Gasteiger partial charge on any atom is 0.200 e. The van der Waals surface area contributed by atoms with Crippen LogP contribution < -0.4 is 5.32 Å². The summed E-state index contributed by atoms with van der Waals surface area (Å²) in [4.78, 5) is 0. The van der Waals surface area contributed by atoms with Crippen LogP contribution in [0.2, 0.25) is 0 Å². The molecular weight excluding hydrogens is 292 g/mol. The molecule has 1 unspecified atom stereocenters. The molecule has 1 atom stereocenters. The van der Waals surface area contributed by atoms with Crippen LogP contribution in [0.1, 0.15) is 64.1 Å². The molecule has 0 bridgehead atoms. The van der Waals surface area contributed by atoms with Crippen LogP contribution in [0.3, 0.4) is 0 Å². The van der Waals surface area contributed by atoms with E-state index in [0.717, 1.165) is 17.2 Å². The summed E-state index contributed by atoms with van der Waals surface area (Å²) in [5.74, 6) is 1.21. The molecule has 0 aromatic carbocycles. The van der Waals surface area contributed by atoms with Crippen molar-refractivity contribution in [2.24, 2.45) is 0 Å². The van der Waals surface area contributed by atoms with E-state index in [1.54, 1.807) is 17.2 Å². The van der Waals surface area contributed by atoms with Crippen molar-refractivity contribution in [3.8, 4) is 0 Å². The second kappa shape index (κ2) is 5.94. The summed E-state index contributed by atoms with van der Waals surface area (Å²) in [5.41, 5.74) is 2.58. The van der Waals surface area contributed by atoms with Crippen molar-refractivity contribution >= 4 is 11.3 Å². The van der Waals surface area contributed by atoms with Gasteiger partial charge >= 0.3 is 0 Å². The van der Waals surface area contributed by atoms with Crippen molar-refractivity contribution < 1.29 is 0 Å². The van der Waals surface area contributed by atoms with Gasteiger partial charge in [-0.15, -0.1) is 20.4 Å². The van der Waals surface area contributed by atoms with Crippen molar-refractivity contribution in [1.29, 1.82) is 0 Å². The third kappa shape index (κ3) is 2.88. The number of aromatic nitrogens is 7. The van der Waals surface area contributed by atoms with Crippen LogP contribution in [0.5, 0.6) is 0 Å². The van der Waals surface area contributed by atoms with Crippen LogP contribution in [-0.4, -0.2) is 34.6 Å². The molecule has 0 aliphatic heterocycles. The SMILES string of the molecule is CC(C)c1cc(NC(C)c2nncn2C(C)C)c2nncn2n1. The van der Waals surface area contributed by atoms with Crippen LogP contribution >= 0.6 is 0 Å². The van der Waals surface area contributed by atoms with Crippen molar-refractivity contribution in [3.05, 3.63) is 30.2 Å². The first-order chi connectivity index (χ1) is 11.0. The highest BCUT2D eigenvalue weighted by atomic mass is 15.4. The number of fused-ring (bicyclic) bond motifs is 1. The molecule has 0 fully saturated rings. The van der Waals surface area contributed by atoms with Gasteiger partial charge < -0.3 is 9.88 Å². The topological polar surface area (TPSA) is 85.8 Å². The Morgan fingerprint density at radius 2 is 1.74 bits per heavy atom. The summed E-state index contributed by atoms with van der Waals surface area (Å²) < 4.78 is 3.76. The van der Waals surface area contributed by atoms with Gasteiger partial charge in [-0.2, -0.15) is 9.61 Å². The Morgan fingerprint density at radius 3 is 2.43 bits per heavy atom. The number of nitrogens with zero attached hydrogens (tertiary/aromatic N) is 7. The molecule has 0 amide bonds. The second-order valence-electron chi connectivity index (χ2n) is 6.29. The largest absolute Gasteiger partial charge is 0.372 e. The van der Waals surface area contributed by atoms with Crippen LogP contribution in [0.4, 0.5) is 5.69 Å².